The second-order valence-electron chi connectivity index (χ2n) is 12.9. The zero-order valence-electron chi connectivity index (χ0n) is 27.1. The highest BCUT2D eigenvalue weighted by Gasteiger charge is 2.17. The van der Waals surface area contributed by atoms with Crippen molar-refractivity contribution in [3.63, 3.8) is 0 Å². The zero-order chi connectivity index (χ0) is 33.5. The molecule has 238 valence electrons. The van der Waals surface area contributed by atoms with Gasteiger partial charge in [-0.15, -0.1) is 0 Å². The molecule has 5 aromatic carbocycles. The van der Waals surface area contributed by atoms with E-state index in [-0.39, 0.29) is 0 Å². The number of nitrogens with zero attached hydrogens (tertiary/aromatic N) is 6. The van der Waals surface area contributed by atoms with Crippen LogP contribution in [0.3, 0.4) is 0 Å². The highest BCUT2D eigenvalue weighted by molar-refractivity contribution is 6.12. The predicted octanol–water partition coefficient (Wildman–Crippen LogP) is 10.7. The van der Waals surface area contributed by atoms with Crippen molar-refractivity contribution in [2.45, 2.75) is 0 Å². The number of fused-ring (bicyclic) bond motifs is 9. The molecule has 0 spiro atoms. The second-order valence-corrected chi connectivity index (χ2v) is 12.9. The molecule has 0 aliphatic carbocycles. The lowest BCUT2D eigenvalue weighted by Gasteiger charge is -2.09. The molecule has 0 aliphatic rings. The fraction of sp³-hybridized carbons (Fsp3) is 0. The van der Waals surface area contributed by atoms with Gasteiger partial charge in [0.1, 0.15) is 0 Å². The lowest BCUT2D eigenvalue weighted by atomic mass is 10.0. The first-order valence-corrected chi connectivity index (χ1v) is 16.9. The Hall–Kier alpha value is -7.12. The number of rotatable bonds is 4. The summed E-state index contributed by atoms with van der Waals surface area (Å²) in [7, 11) is 0. The van der Waals surface area contributed by atoms with E-state index in [4.69, 9.17) is 14.4 Å². The smallest absolute Gasteiger partial charge is 0.229 e. The van der Waals surface area contributed by atoms with E-state index < -0.39 is 0 Å². The van der Waals surface area contributed by atoms with Crippen molar-refractivity contribution in [2.75, 3.05) is 0 Å². The maximum absolute atomic E-state index is 6.16. The third-order valence-electron chi connectivity index (χ3n) is 10.0. The molecule has 0 radical (unpaired) electrons. The summed E-state index contributed by atoms with van der Waals surface area (Å²) in [6, 6.07) is 47.0. The molecule has 0 saturated heterocycles. The van der Waals surface area contributed by atoms with Crippen LogP contribution in [0.25, 0.3) is 99.4 Å². The van der Waals surface area contributed by atoms with Crippen LogP contribution in [0.4, 0.5) is 0 Å². The van der Waals surface area contributed by atoms with Crippen molar-refractivity contribution >= 4 is 65.8 Å². The van der Waals surface area contributed by atoms with E-state index in [2.05, 4.69) is 147 Å². The summed E-state index contributed by atoms with van der Waals surface area (Å²) < 4.78 is 10.7. The van der Waals surface area contributed by atoms with Gasteiger partial charge in [0.05, 0.1) is 45.2 Å². The van der Waals surface area contributed by atoms with E-state index in [1.54, 1.807) is 0 Å². The molecule has 0 N–H and O–H groups in total. The normalized spacial score (nSPS) is 11.9. The average Bonchev–Trinajstić information content (AvgIpc) is 3.85. The molecular formula is C44H26N6O. The predicted molar refractivity (Wildman–Crippen MR) is 204 cm³/mol. The van der Waals surface area contributed by atoms with E-state index in [1.165, 1.54) is 16.3 Å². The molecule has 6 aromatic heterocycles. The molecule has 7 nitrogen and oxygen atoms in total. The van der Waals surface area contributed by atoms with Crippen molar-refractivity contribution in [3.8, 4) is 33.6 Å². The Morgan fingerprint density at radius 2 is 0.863 bits per heavy atom. The minimum atomic E-state index is 0.565. The fourth-order valence-corrected chi connectivity index (χ4v) is 7.68. The number of hydrogen-bond donors (Lipinski definition) is 0. The van der Waals surface area contributed by atoms with Gasteiger partial charge in [-0.05, 0) is 65.7 Å². The first kappa shape index (κ1) is 27.8. The van der Waals surface area contributed by atoms with Crippen LogP contribution < -0.4 is 0 Å². The molecule has 51 heavy (non-hydrogen) atoms. The summed E-state index contributed by atoms with van der Waals surface area (Å²) in [6.45, 7) is 0. The van der Waals surface area contributed by atoms with Crippen molar-refractivity contribution in [1.82, 2.24) is 29.3 Å². The molecule has 11 rings (SSSR count). The van der Waals surface area contributed by atoms with Gasteiger partial charge in [-0.25, -0.2) is 9.97 Å². The van der Waals surface area contributed by atoms with Gasteiger partial charge in [-0.3, -0.25) is 0 Å². The number of benzene rings is 5. The maximum Gasteiger partial charge on any atom is 0.229 e. The minimum Gasteiger partial charge on any atom is -0.419 e. The molecular weight excluding hydrogens is 629 g/mol. The first-order valence-electron chi connectivity index (χ1n) is 16.9. The molecule has 0 saturated carbocycles. The summed E-state index contributed by atoms with van der Waals surface area (Å²) in [5.41, 5.74) is 11.9. The Morgan fingerprint density at radius 1 is 0.353 bits per heavy atom. The van der Waals surface area contributed by atoms with Crippen LogP contribution >= 0.6 is 0 Å². The molecule has 0 unspecified atom stereocenters. The van der Waals surface area contributed by atoms with Crippen molar-refractivity contribution in [1.29, 1.82) is 0 Å². The Balaban J connectivity index is 1.07. The van der Waals surface area contributed by atoms with Gasteiger partial charge in [0.15, 0.2) is 0 Å². The lowest BCUT2D eigenvalue weighted by Crippen LogP contribution is -1.94. The summed E-state index contributed by atoms with van der Waals surface area (Å²) in [5, 5.41) is 14.9. The average molecular weight is 655 g/mol. The Bertz CT molecular complexity index is 2930. The first-order chi connectivity index (χ1) is 25.3. The quantitative estimate of drug-likeness (QED) is 0.189. The molecule has 0 atom stereocenters. The topological polar surface area (TPSA) is 74.6 Å². The van der Waals surface area contributed by atoms with E-state index >= 15 is 0 Å². The number of pyridine rings is 2. The third-order valence-corrected chi connectivity index (χ3v) is 10.0. The zero-order valence-corrected chi connectivity index (χ0v) is 27.1. The van der Waals surface area contributed by atoms with Crippen LogP contribution in [0.15, 0.2) is 163 Å². The number of para-hydroxylation sites is 3. The highest BCUT2D eigenvalue weighted by Crippen LogP contribution is 2.38. The summed E-state index contributed by atoms with van der Waals surface area (Å²) >= 11 is 0. The molecule has 6 heterocycles. The van der Waals surface area contributed by atoms with Gasteiger partial charge in [0.25, 0.3) is 0 Å². The lowest BCUT2D eigenvalue weighted by molar-refractivity contribution is 0.640. The SMILES string of the molecule is c1ccc(-n2c3ccccc3c3ccc(-c4cnc5oc6ncc(-c7ccc8c9cnncc9n(-c9ccccc9)c8c7)cc6c5c4)cc32)cc1. The van der Waals surface area contributed by atoms with Gasteiger partial charge in [-0.2, -0.15) is 10.2 Å². The largest absolute Gasteiger partial charge is 0.419 e. The highest BCUT2D eigenvalue weighted by atomic mass is 16.3. The Kier molecular flexibility index (Phi) is 5.83. The molecule has 0 aliphatic heterocycles. The van der Waals surface area contributed by atoms with Gasteiger partial charge in [0.2, 0.25) is 11.4 Å². The van der Waals surface area contributed by atoms with Crippen LogP contribution in [0.2, 0.25) is 0 Å². The molecule has 7 heteroatoms. The van der Waals surface area contributed by atoms with Gasteiger partial charge in [0, 0.05) is 56.4 Å². The summed E-state index contributed by atoms with van der Waals surface area (Å²) in [4.78, 5) is 9.56. The van der Waals surface area contributed by atoms with Crippen molar-refractivity contribution in [2.24, 2.45) is 0 Å². The fourth-order valence-electron chi connectivity index (χ4n) is 7.68. The van der Waals surface area contributed by atoms with E-state index in [1.807, 2.05) is 30.9 Å². The number of furan rings is 1. The van der Waals surface area contributed by atoms with Crippen molar-refractivity contribution < 1.29 is 4.42 Å². The van der Waals surface area contributed by atoms with Crippen LogP contribution in [-0.2, 0) is 0 Å². The third kappa shape index (κ3) is 4.18. The molecule has 0 bridgehead atoms. The van der Waals surface area contributed by atoms with E-state index in [0.717, 1.165) is 71.7 Å². The Morgan fingerprint density at radius 3 is 1.49 bits per heavy atom. The Labute approximate surface area is 290 Å². The molecule has 11 aromatic rings. The monoisotopic (exact) mass is 654 g/mol. The minimum absolute atomic E-state index is 0.565. The van der Waals surface area contributed by atoms with Crippen molar-refractivity contribution in [3.05, 3.63) is 158 Å². The van der Waals surface area contributed by atoms with Crippen LogP contribution in [0.5, 0.6) is 0 Å². The number of hydrogen-bond acceptors (Lipinski definition) is 5. The molecule has 0 amide bonds. The van der Waals surface area contributed by atoms with Gasteiger partial charge < -0.3 is 13.6 Å². The van der Waals surface area contributed by atoms with E-state index in [9.17, 15) is 0 Å². The van der Waals surface area contributed by atoms with Gasteiger partial charge in [-0.1, -0.05) is 78.9 Å². The summed E-state index contributed by atoms with van der Waals surface area (Å²) in [5.74, 6) is 0. The maximum atomic E-state index is 6.16. The molecule has 0 fully saturated rings. The van der Waals surface area contributed by atoms with Gasteiger partial charge >= 0.3 is 0 Å². The standard InChI is InChI=1S/C44H26N6O/c1-3-9-31(10-4-1)49-39-14-8-7-13-33(39)34-17-15-27(21-40(34)49)29-19-36-37-20-30(24-46-44(37)51-43(36)45-23-29)28-16-18-35-38-25-47-48-26-42(38)50(41(35)22-28)32-11-5-2-6-12-32/h1-26H. The summed E-state index contributed by atoms with van der Waals surface area (Å²) in [6.07, 6.45) is 7.44. The van der Waals surface area contributed by atoms with E-state index in [0.29, 0.717) is 11.4 Å². The second kappa shape index (κ2) is 10.7. The van der Waals surface area contributed by atoms with Crippen LogP contribution in [0.1, 0.15) is 0 Å². The van der Waals surface area contributed by atoms with Crippen LogP contribution in [0, 0.1) is 0 Å². The number of aromatic nitrogens is 6. The van der Waals surface area contributed by atoms with Crippen LogP contribution in [-0.4, -0.2) is 29.3 Å².